The van der Waals surface area contributed by atoms with Gasteiger partial charge in [0.15, 0.2) is 0 Å². The van der Waals surface area contributed by atoms with Crippen molar-refractivity contribution in [3.63, 3.8) is 0 Å². The zero-order valence-electron chi connectivity index (χ0n) is 8.39. The molecule has 0 amide bonds. The number of carbonyl (C=O) groups excluding carboxylic acids is 1. The molecule has 1 N–H and O–H groups in total. The van der Waals surface area contributed by atoms with Gasteiger partial charge in [-0.05, 0) is 0 Å². The second kappa shape index (κ2) is 3.77. The van der Waals surface area contributed by atoms with Crippen molar-refractivity contribution in [1.82, 2.24) is 5.32 Å². The number of ether oxygens (including phenoxy) is 1. The Bertz CT molecular complexity index is 234. The van der Waals surface area contributed by atoms with Crippen molar-refractivity contribution in [3.05, 3.63) is 0 Å². The first-order valence-electron chi connectivity index (χ1n) is 4.42. The van der Waals surface area contributed by atoms with E-state index < -0.39 is 0 Å². The monoisotopic (exact) mass is 184 g/mol. The molecule has 0 fully saturated rings. The third-order valence-corrected chi connectivity index (χ3v) is 2.13. The summed E-state index contributed by atoms with van der Waals surface area (Å²) in [6.45, 7) is 5.65. The quantitative estimate of drug-likeness (QED) is 0.653. The third-order valence-electron chi connectivity index (χ3n) is 2.13. The van der Waals surface area contributed by atoms with E-state index in [4.69, 9.17) is 0 Å². The van der Waals surface area contributed by atoms with Gasteiger partial charge >= 0.3 is 5.97 Å². The van der Waals surface area contributed by atoms with E-state index in [0.29, 0.717) is 6.42 Å². The Morgan fingerprint density at radius 3 is 2.85 bits per heavy atom. The van der Waals surface area contributed by atoms with Gasteiger partial charge in [0, 0.05) is 12.0 Å². The molecule has 0 aromatic rings. The van der Waals surface area contributed by atoms with Crippen molar-refractivity contribution >= 4 is 11.8 Å². The van der Waals surface area contributed by atoms with Gasteiger partial charge in [0.25, 0.3) is 0 Å². The molecular formula is C9H16N2O2. The maximum absolute atomic E-state index is 11.1. The van der Waals surface area contributed by atoms with E-state index >= 15 is 0 Å². The average molecular weight is 184 g/mol. The van der Waals surface area contributed by atoms with Crippen LogP contribution in [0.1, 0.15) is 20.3 Å². The van der Waals surface area contributed by atoms with Crippen molar-refractivity contribution in [2.24, 2.45) is 10.4 Å². The Morgan fingerprint density at radius 2 is 2.38 bits per heavy atom. The predicted octanol–water partition coefficient (Wildman–Crippen LogP) is 0.577. The first-order chi connectivity index (χ1) is 6.06. The van der Waals surface area contributed by atoms with Crippen LogP contribution in [0.3, 0.4) is 0 Å². The lowest BCUT2D eigenvalue weighted by Gasteiger charge is -2.23. The SMILES string of the molecule is COC(=O)CC(C)(C)C1=NCCN1. The zero-order valence-corrected chi connectivity index (χ0v) is 8.39. The minimum Gasteiger partial charge on any atom is -0.469 e. The van der Waals surface area contributed by atoms with E-state index in [2.05, 4.69) is 15.0 Å². The lowest BCUT2D eigenvalue weighted by atomic mass is 9.88. The normalized spacial score (nSPS) is 16.4. The molecule has 4 nitrogen and oxygen atoms in total. The Hall–Kier alpha value is -1.06. The molecule has 0 atom stereocenters. The zero-order chi connectivity index (χ0) is 9.90. The summed E-state index contributed by atoms with van der Waals surface area (Å²) in [6, 6.07) is 0. The molecule has 0 unspecified atom stereocenters. The summed E-state index contributed by atoms with van der Waals surface area (Å²) in [5.41, 5.74) is -0.233. The molecule has 74 valence electrons. The van der Waals surface area contributed by atoms with Crippen LogP contribution in [0.5, 0.6) is 0 Å². The van der Waals surface area contributed by atoms with E-state index in [1.807, 2.05) is 13.8 Å². The number of hydrogen-bond donors (Lipinski definition) is 1. The van der Waals surface area contributed by atoms with Crippen LogP contribution >= 0.6 is 0 Å². The minimum absolute atomic E-state index is 0.193. The van der Waals surface area contributed by atoms with Crippen LogP contribution in [-0.2, 0) is 9.53 Å². The second-order valence-electron chi connectivity index (χ2n) is 3.79. The molecule has 0 saturated carbocycles. The summed E-state index contributed by atoms with van der Waals surface area (Å²) in [5.74, 6) is 0.722. The molecule has 4 heteroatoms. The highest BCUT2D eigenvalue weighted by molar-refractivity contribution is 5.91. The van der Waals surface area contributed by atoms with E-state index in [-0.39, 0.29) is 11.4 Å². The van der Waals surface area contributed by atoms with E-state index in [9.17, 15) is 4.79 Å². The van der Waals surface area contributed by atoms with Crippen LogP contribution in [0.2, 0.25) is 0 Å². The number of nitrogens with zero attached hydrogens (tertiary/aromatic N) is 1. The fraction of sp³-hybridized carbons (Fsp3) is 0.778. The molecule has 0 radical (unpaired) electrons. The van der Waals surface area contributed by atoms with Gasteiger partial charge in [-0.25, -0.2) is 0 Å². The van der Waals surface area contributed by atoms with Crippen LogP contribution < -0.4 is 5.32 Å². The van der Waals surface area contributed by atoms with Crippen molar-refractivity contribution in [2.45, 2.75) is 20.3 Å². The molecule has 13 heavy (non-hydrogen) atoms. The van der Waals surface area contributed by atoms with Gasteiger partial charge < -0.3 is 10.1 Å². The van der Waals surface area contributed by atoms with Crippen LogP contribution in [-0.4, -0.2) is 32.0 Å². The number of rotatable bonds is 3. The summed E-state index contributed by atoms with van der Waals surface area (Å²) < 4.78 is 4.62. The largest absolute Gasteiger partial charge is 0.469 e. The van der Waals surface area contributed by atoms with Crippen LogP contribution in [0, 0.1) is 5.41 Å². The summed E-state index contributed by atoms with van der Waals surface area (Å²) in [6.07, 6.45) is 0.370. The Labute approximate surface area is 78.4 Å². The van der Waals surface area contributed by atoms with Crippen molar-refractivity contribution in [2.75, 3.05) is 20.2 Å². The van der Waals surface area contributed by atoms with Gasteiger partial charge in [0.2, 0.25) is 0 Å². The second-order valence-corrected chi connectivity index (χ2v) is 3.79. The van der Waals surface area contributed by atoms with Crippen molar-refractivity contribution in [1.29, 1.82) is 0 Å². The maximum atomic E-state index is 11.1. The molecule has 0 spiro atoms. The van der Waals surface area contributed by atoms with Gasteiger partial charge in [-0.1, -0.05) is 13.8 Å². The number of methoxy groups -OCH3 is 1. The number of amidine groups is 1. The van der Waals surface area contributed by atoms with Gasteiger partial charge in [0.1, 0.15) is 5.84 Å². The summed E-state index contributed by atoms with van der Waals surface area (Å²) >= 11 is 0. The average Bonchev–Trinajstić information content (AvgIpc) is 2.55. The highest BCUT2D eigenvalue weighted by Crippen LogP contribution is 2.23. The van der Waals surface area contributed by atoms with Gasteiger partial charge in [-0.3, -0.25) is 9.79 Å². The summed E-state index contributed by atoms with van der Waals surface area (Å²) in [4.78, 5) is 15.4. The van der Waals surface area contributed by atoms with E-state index in [0.717, 1.165) is 18.9 Å². The molecule has 0 saturated heterocycles. The molecule has 0 bridgehead atoms. The van der Waals surface area contributed by atoms with Gasteiger partial charge in [-0.15, -0.1) is 0 Å². The molecule has 1 aliphatic heterocycles. The van der Waals surface area contributed by atoms with Gasteiger partial charge in [-0.2, -0.15) is 0 Å². The molecule has 0 aromatic heterocycles. The Morgan fingerprint density at radius 1 is 1.69 bits per heavy atom. The number of aliphatic imine (C=N–C) groups is 1. The van der Waals surface area contributed by atoms with E-state index in [1.165, 1.54) is 7.11 Å². The molecule has 1 aliphatic rings. The minimum atomic E-state index is -0.233. The first kappa shape index (κ1) is 10.0. The molecule has 0 aromatic carbocycles. The molecule has 0 aliphatic carbocycles. The van der Waals surface area contributed by atoms with Crippen LogP contribution in [0.25, 0.3) is 0 Å². The Balaban J connectivity index is 2.59. The number of carbonyl (C=O) groups is 1. The van der Waals surface area contributed by atoms with Crippen LogP contribution in [0.4, 0.5) is 0 Å². The highest BCUT2D eigenvalue weighted by Gasteiger charge is 2.30. The molecule has 1 heterocycles. The standard InChI is InChI=1S/C9H16N2O2/c1-9(2,6-7(12)13-3)8-10-4-5-11-8/h4-6H2,1-3H3,(H,10,11). The van der Waals surface area contributed by atoms with Crippen molar-refractivity contribution < 1.29 is 9.53 Å². The lowest BCUT2D eigenvalue weighted by Crippen LogP contribution is -2.35. The smallest absolute Gasteiger partial charge is 0.306 e. The van der Waals surface area contributed by atoms with Gasteiger partial charge in [0.05, 0.1) is 20.1 Å². The summed E-state index contributed by atoms with van der Waals surface area (Å²) in [5, 5.41) is 3.17. The first-order valence-corrected chi connectivity index (χ1v) is 4.42. The van der Waals surface area contributed by atoms with Crippen molar-refractivity contribution in [3.8, 4) is 0 Å². The topological polar surface area (TPSA) is 50.7 Å². The number of hydrogen-bond acceptors (Lipinski definition) is 4. The maximum Gasteiger partial charge on any atom is 0.306 e. The molecular weight excluding hydrogens is 168 g/mol. The highest BCUT2D eigenvalue weighted by atomic mass is 16.5. The number of nitrogens with one attached hydrogen (secondary N) is 1. The number of esters is 1. The fourth-order valence-electron chi connectivity index (χ4n) is 1.37. The summed E-state index contributed by atoms with van der Waals surface area (Å²) in [7, 11) is 1.41. The fourth-order valence-corrected chi connectivity index (χ4v) is 1.37. The third kappa shape index (κ3) is 2.44. The van der Waals surface area contributed by atoms with Crippen LogP contribution in [0.15, 0.2) is 4.99 Å². The lowest BCUT2D eigenvalue weighted by molar-refractivity contribution is -0.142. The van der Waals surface area contributed by atoms with E-state index in [1.54, 1.807) is 0 Å². The molecule has 1 rings (SSSR count). The predicted molar refractivity (Wildman–Crippen MR) is 50.7 cm³/mol. The Kier molecular flexibility index (Phi) is 2.90.